The Morgan fingerprint density at radius 3 is 2.67 bits per heavy atom. The molecule has 1 rings (SSSR count). The molecule has 0 fully saturated rings. The van der Waals surface area contributed by atoms with Crippen molar-refractivity contribution in [2.45, 2.75) is 32.6 Å². The Hall–Kier alpha value is -1.31. The van der Waals surface area contributed by atoms with Gasteiger partial charge in [0.2, 0.25) is 0 Å². The molecule has 0 saturated heterocycles. The van der Waals surface area contributed by atoms with Crippen LogP contribution < -0.4 is 0 Å². The van der Waals surface area contributed by atoms with Crippen LogP contribution in [0.2, 0.25) is 0 Å². The molecule has 0 bridgehead atoms. The maximum Gasteiger partial charge on any atom is 0.338 e. The van der Waals surface area contributed by atoms with Gasteiger partial charge in [-0.25, -0.2) is 4.79 Å². The number of methoxy groups -OCH3 is 1. The lowest BCUT2D eigenvalue weighted by molar-refractivity contribution is 0.0599. The molecular formula is C13H18O2. The first-order chi connectivity index (χ1) is 7.20. The highest BCUT2D eigenvalue weighted by atomic mass is 16.5. The van der Waals surface area contributed by atoms with Gasteiger partial charge in [-0.15, -0.1) is 0 Å². The van der Waals surface area contributed by atoms with E-state index < -0.39 is 0 Å². The van der Waals surface area contributed by atoms with Crippen molar-refractivity contribution in [2.24, 2.45) is 0 Å². The van der Waals surface area contributed by atoms with Gasteiger partial charge in [0.05, 0.1) is 12.7 Å². The normalized spacial score (nSPS) is 12.2. The fraction of sp³-hybridized carbons (Fsp3) is 0.462. The maximum atomic E-state index is 11.5. The Kier molecular flexibility index (Phi) is 4.35. The van der Waals surface area contributed by atoms with Crippen LogP contribution in [-0.4, -0.2) is 13.1 Å². The molecular weight excluding hydrogens is 188 g/mol. The Morgan fingerprint density at radius 1 is 1.40 bits per heavy atom. The van der Waals surface area contributed by atoms with Crippen LogP contribution >= 0.6 is 0 Å². The fourth-order valence-corrected chi connectivity index (χ4v) is 1.81. The van der Waals surface area contributed by atoms with Gasteiger partial charge in [-0.2, -0.15) is 0 Å². The lowest BCUT2D eigenvalue weighted by atomic mass is 9.92. The van der Waals surface area contributed by atoms with Crippen LogP contribution in [-0.2, 0) is 4.74 Å². The maximum absolute atomic E-state index is 11.5. The summed E-state index contributed by atoms with van der Waals surface area (Å²) in [5, 5.41) is 0. The minimum atomic E-state index is -0.242. The van der Waals surface area contributed by atoms with Crippen molar-refractivity contribution in [3.05, 3.63) is 35.4 Å². The number of carbonyl (C=O) groups is 1. The number of hydrogen-bond donors (Lipinski definition) is 0. The van der Waals surface area contributed by atoms with Gasteiger partial charge in [-0.3, -0.25) is 0 Å². The third kappa shape index (κ3) is 2.82. The number of ether oxygens (including phenoxy) is 1. The van der Waals surface area contributed by atoms with Crippen molar-refractivity contribution in [1.29, 1.82) is 0 Å². The van der Waals surface area contributed by atoms with Crippen LogP contribution in [0.15, 0.2) is 24.3 Å². The zero-order valence-corrected chi connectivity index (χ0v) is 9.62. The van der Waals surface area contributed by atoms with Crippen LogP contribution in [0.25, 0.3) is 0 Å². The summed E-state index contributed by atoms with van der Waals surface area (Å²) < 4.78 is 4.77. The van der Waals surface area contributed by atoms with Crippen LogP contribution in [0.3, 0.4) is 0 Å². The summed E-state index contributed by atoms with van der Waals surface area (Å²) in [4.78, 5) is 11.5. The average Bonchev–Trinajstić information content (AvgIpc) is 2.28. The summed E-state index contributed by atoms with van der Waals surface area (Å²) in [6.45, 7) is 4.29. The zero-order valence-electron chi connectivity index (χ0n) is 9.62. The number of hydrogen-bond acceptors (Lipinski definition) is 2. The molecule has 0 saturated carbocycles. The molecule has 1 aromatic rings. The Balaban J connectivity index is 3.00. The molecule has 0 aliphatic carbocycles. The Labute approximate surface area is 91.3 Å². The van der Waals surface area contributed by atoms with Gasteiger partial charge in [0.1, 0.15) is 0 Å². The minimum absolute atomic E-state index is 0.242. The Morgan fingerprint density at radius 2 is 2.07 bits per heavy atom. The summed E-state index contributed by atoms with van der Waals surface area (Å²) in [6, 6.07) is 7.67. The standard InChI is InChI=1S/C13H18O2/c1-4-7-10(2)11-8-5-6-9-12(11)13(14)15-3/h5-6,8-10H,4,7H2,1-3H3. The first-order valence-electron chi connectivity index (χ1n) is 5.38. The smallest absolute Gasteiger partial charge is 0.338 e. The van der Waals surface area contributed by atoms with Gasteiger partial charge in [0, 0.05) is 0 Å². The van der Waals surface area contributed by atoms with Gasteiger partial charge in [-0.1, -0.05) is 38.5 Å². The third-order valence-corrected chi connectivity index (χ3v) is 2.62. The van der Waals surface area contributed by atoms with Crippen LogP contribution in [0, 0.1) is 0 Å². The molecule has 15 heavy (non-hydrogen) atoms. The van der Waals surface area contributed by atoms with Gasteiger partial charge >= 0.3 is 5.97 Å². The molecule has 0 radical (unpaired) electrons. The highest BCUT2D eigenvalue weighted by molar-refractivity contribution is 5.91. The van der Waals surface area contributed by atoms with E-state index in [2.05, 4.69) is 13.8 Å². The summed E-state index contributed by atoms with van der Waals surface area (Å²) in [5.74, 6) is 0.166. The van der Waals surface area contributed by atoms with E-state index in [0.29, 0.717) is 11.5 Å². The predicted molar refractivity (Wildman–Crippen MR) is 61.1 cm³/mol. The zero-order chi connectivity index (χ0) is 11.3. The van der Waals surface area contributed by atoms with Crippen molar-refractivity contribution < 1.29 is 9.53 Å². The van der Waals surface area contributed by atoms with E-state index in [1.165, 1.54) is 7.11 Å². The molecule has 0 heterocycles. The van der Waals surface area contributed by atoms with E-state index >= 15 is 0 Å². The van der Waals surface area contributed by atoms with E-state index in [9.17, 15) is 4.79 Å². The SMILES string of the molecule is CCCC(C)c1ccccc1C(=O)OC. The second-order valence-corrected chi connectivity index (χ2v) is 3.77. The molecule has 1 aromatic carbocycles. The monoisotopic (exact) mass is 206 g/mol. The van der Waals surface area contributed by atoms with Gasteiger partial charge in [-0.05, 0) is 24.0 Å². The van der Waals surface area contributed by atoms with Gasteiger partial charge < -0.3 is 4.74 Å². The molecule has 0 aromatic heterocycles. The number of carbonyl (C=O) groups excluding carboxylic acids is 1. The summed E-state index contributed by atoms with van der Waals surface area (Å²) in [6.07, 6.45) is 2.21. The van der Waals surface area contributed by atoms with Crippen molar-refractivity contribution in [3.8, 4) is 0 Å². The molecule has 0 spiro atoms. The van der Waals surface area contributed by atoms with E-state index in [1.807, 2.05) is 24.3 Å². The van der Waals surface area contributed by atoms with Crippen LogP contribution in [0.5, 0.6) is 0 Å². The van der Waals surface area contributed by atoms with Crippen LogP contribution in [0.4, 0.5) is 0 Å². The molecule has 2 heteroatoms. The number of esters is 1. The summed E-state index contributed by atoms with van der Waals surface area (Å²) in [7, 11) is 1.42. The molecule has 0 aliphatic heterocycles. The molecule has 82 valence electrons. The minimum Gasteiger partial charge on any atom is -0.465 e. The largest absolute Gasteiger partial charge is 0.465 e. The van der Waals surface area contributed by atoms with E-state index in [-0.39, 0.29) is 5.97 Å². The molecule has 0 aliphatic rings. The predicted octanol–water partition coefficient (Wildman–Crippen LogP) is 3.38. The molecule has 1 atom stereocenters. The second-order valence-electron chi connectivity index (χ2n) is 3.77. The second kappa shape index (κ2) is 5.54. The molecule has 2 nitrogen and oxygen atoms in total. The number of benzene rings is 1. The first-order valence-corrected chi connectivity index (χ1v) is 5.38. The van der Waals surface area contributed by atoms with E-state index in [0.717, 1.165) is 18.4 Å². The molecule has 1 unspecified atom stereocenters. The molecule has 0 amide bonds. The average molecular weight is 206 g/mol. The van der Waals surface area contributed by atoms with Crippen molar-refractivity contribution in [3.63, 3.8) is 0 Å². The fourth-order valence-electron chi connectivity index (χ4n) is 1.81. The molecule has 0 N–H and O–H groups in total. The summed E-state index contributed by atoms with van der Waals surface area (Å²) >= 11 is 0. The van der Waals surface area contributed by atoms with Crippen molar-refractivity contribution in [2.75, 3.05) is 7.11 Å². The number of rotatable bonds is 4. The highest BCUT2D eigenvalue weighted by Crippen LogP contribution is 2.24. The quantitative estimate of drug-likeness (QED) is 0.706. The van der Waals surface area contributed by atoms with Gasteiger partial charge in [0.15, 0.2) is 0 Å². The lowest BCUT2D eigenvalue weighted by Crippen LogP contribution is -2.07. The van der Waals surface area contributed by atoms with E-state index in [1.54, 1.807) is 0 Å². The van der Waals surface area contributed by atoms with Gasteiger partial charge in [0.25, 0.3) is 0 Å². The highest BCUT2D eigenvalue weighted by Gasteiger charge is 2.14. The van der Waals surface area contributed by atoms with Crippen molar-refractivity contribution in [1.82, 2.24) is 0 Å². The van der Waals surface area contributed by atoms with E-state index in [4.69, 9.17) is 4.74 Å². The van der Waals surface area contributed by atoms with Crippen molar-refractivity contribution >= 4 is 5.97 Å². The van der Waals surface area contributed by atoms with Crippen LogP contribution in [0.1, 0.15) is 48.5 Å². The summed E-state index contributed by atoms with van der Waals surface area (Å²) in [5.41, 5.74) is 1.78. The lowest BCUT2D eigenvalue weighted by Gasteiger charge is -2.14. The first kappa shape index (κ1) is 11.8. The third-order valence-electron chi connectivity index (χ3n) is 2.62. The Bertz CT molecular complexity index is 331. The topological polar surface area (TPSA) is 26.3 Å².